The molecule has 0 aliphatic heterocycles. The second-order valence-electron chi connectivity index (χ2n) is 5.55. The second-order valence-corrected chi connectivity index (χ2v) is 5.55. The Balaban J connectivity index is 1.56. The summed E-state index contributed by atoms with van der Waals surface area (Å²) in [5, 5.41) is 7.39. The average molecular weight is 307 g/mol. The highest BCUT2D eigenvalue weighted by atomic mass is 16.5. The smallest absolute Gasteiger partial charge is 0.322 e. The lowest BCUT2D eigenvalue weighted by molar-refractivity contribution is 0.410. The van der Waals surface area contributed by atoms with Crippen molar-refractivity contribution in [3.8, 4) is 17.1 Å². The molecule has 0 saturated heterocycles. The van der Waals surface area contributed by atoms with Gasteiger partial charge >= 0.3 is 6.01 Å². The van der Waals surface area contributed by atoms with Crippen molar-refractivity contribution < 1.29 is 9.26 Å². The van der Waals surface area contributed by atoms with Gasteiger partial charge in [0, 0.05) is 5.56 Å². The number of fused-ring (bicyclic) bond motifs is 1. The Kier molecular flexibility index (Phi) is 3.46. The molecule has 5 nitrogen and oxygen atoms in total. The first-order valence-corrected chi connectivity index (χ1v) is 7.66. The van der Waals surface area contributed by atoms with Crippen LogP contribution in [0.1, 0.15) is 23.6 Å². The summed E-state index contributed by atoms with van der Waals surface area (Å²) in [5.41, 5.74) is 3.44. The molecule has 1 aliphatic rings. The van der Waals surface area contributed by atoms with E-state index in [4.69, 9.17) is 9.26 Å². The van der Waals surface area contributed by atoms with Crippen molar-refractivity contribution in [2.75, 3.05) is 12.4 Å². The van der Waals surface area contributed by atoms with Crippen LogP contribution in [0.5, 0.6) is 5.75 Å². The van der Waals surface area contributed by atoms with Crippen LogP contribution in [0.2, 0.25) is 0 Å². The highest BCUT2D eigenvalue weighted by molar-refractivity contribution is 5.55. The predicted molar refractivity (Wildman–Crippen MR) is 87.4 cm³/mol. The molecular weight excluding hydrogens is 290 g/mol. The number of nitrogens with zero attached hydrogens (tertiary/aromatic N) is 2. The molecule has 4 rings (SSSR count). The predicted octanol–water partition coefficient (Wildman–Crippen LogP) is 3.84. The first kappa shape index (κ1) is 13.8. The molecule has 0 saturated carbocycles. The van der Waals surface area contributed by atoms with E-state index in [1.54, 1.807) is 7.11 Å². The minimum atomic E-state index is 0.171. The van der Waals surface area contributed by atoms with Gasteiger partial charge in [-0.2, -0.15) is 4.98 Å². The number of hydrogen-bond donors (Lipinski definition) is 1. The van der Waals surface area contributed by atoms with Crippen molar-refractivity contribution in [3.05, 3.63) is 59.7 Å². The Hall–Kier alpha value is -2.82. The molecule has 1 aliphatic carbocycles. The van der Waals surface area contributed by atoms with E-state index < -0.39 is 0 Å². The van der Waals surface area contributed by atoms with E-state index in [0.717, 1.165) is 24.2 Å². The van der Waals surface area contributed by atoms with Crippen LogP contribution in [0.15, 0.2) is 53.1 Å². The summed E-state index contributed by atoms with van der Waals surface area (Å²) < 4.78 is 10.8. The topological polar surface area (TPSA) is 60.2 Å². The Morgan fingerprint density at radius 2 is 2.00 bits per heavy atom. The molecule has 5 heteroatoms. The molecule has 3 aromatic rings. The maximum atomic E-state index is 5.44. The fraction of sp³-hybridized carbons (Fsp3) is 0.222. The molecule has 0 fully saturated rings. The van der Waals surface area contributed by atoms with Crippen LogP contribution in [0, 0.1) is 0 Å². The normalized spacial score (nSPS) is 16.1. The molecule has 1 aromatic heterocycles. The van der Waals surface area contributed by atoms with Gasteiger partial charge in [-0.05, 0) is 30.0 Å². The van der Waals surface area contributed by atoms with Crippen LogP contribution in [0.25, 0.3) is 11.4 Å². The van der Waals surface area contributed by atoms with Crippen molar-refractivity contribution >= 4 is 6.01 Å². The number of aromatic nitrogens is 2. The van der Waals surface area contributed by atoms with Gasteiger partial charge in [-0.1, -0.05) is 47.6 Å². The zero-order valence-electron chi connectivity index (χ0n) is 12.8. The van der Waals surface area contributed by atoms with E-state index in [-0.39, 0.29) is 6.04 Å². The molecular formula is C18H17N3O2. The second kappa shape index (κ2) is 5.76. The number of rotatable bonds is 4. The summed E-state index contributed by atoms with van der Waals surface area (Å²) in [4.78, 5) is 4.44. The fourth-order valence-electron chi connectivity index (χ4n) is 3.10. The number of benzene rings is 2. The van der Waals surface area contributed by atoms with E-state index in [1.165, 1.54) is 11.1 Å². The SMILES string of the molecule is COc1cccc2c1CC[C@@H]2Nc1nc(-c2ccccc2)no1. The van der Waals surface area contributed by atoms with Crippen LogP contribution < -0.4 is 10.1 Å². The summed E-state index contributed by atoms with van der Waals surface area (Å²) in [6, 6.07) is 16.6. The zero-order valence-corrected chi connectivity index (χ0v) is 12.8. The average Bonchev–Trinajstić information content (AvgIpc) is 3.23. The monoisotopic (exact) mass is 307 g/mol. The molecule has 1 N–H and O–H groups in total. The van der Waals surface area contributed by atoms with Gasteiger partial charge in [0.25, 0.3) is 0 Å². The summed E-state index contributed by atoms with van der Waals surface area (Å²) in [7, 11) is 1.71. The molecule has 23 heavy (non-hydrogen) atoms. The lowest BCUT2D eigenvalue weighted by Gasteiger charge is -2.12. The quantitative estimate of drug-likeness (QED) is 0.793. The van der Waals surface area contributed by atoms with E-state index in [2.05, 4.69) is 21.5 Å². The number of hydrogen-bond acceptors (Lipinski definition) is 5. The van der Waals surface area contributed by atoms with Crippen LogP contribution in [0.4, 0.5) is 6.01 Å². The number of methoxy groups -OCH3 is 1. The Morgan fingerprint density at radius 1 is 1.13 bits per heavy atom. The maximum Gasteiger partial charge on any atom is 0.322 e. The Morgan fingerprint density at radius 3 is 2.83 bits per heavy atom. The molecule has 2 aromatic carbocycles. The van der Waals surface area contributed by atoms with E-state index in [1.807, 2.05) is 42.5 Å². The van der Waals surface area contributed by atoms with Gasteiger partial charge in [0.1, 0.15) is 5.75 Å². The molecule has 1 atom stereocenters. The number of anilines is 1. The van der Waals surface area contributed by atoms with Crippen molar-refractivity contribution in [2.45, 2.75) is 18.9 Å². The van der Waals surface area contributed by atoms with Gasteiger partial charge in [-0.15, -0.1) is 0 Å². The van der Waals surface area contributed by atoms with Crippen LogP contribution in [0.3, 0.4) is 0 Å². The largest absolute Gasteiger partial charge is 0.496 e. The first-order chi connectivity index (χ1) is 11.3. The fourth-order valence-corrected chi connectivity index (χ4v) is 3.10. The minimum Gasteiger partial charge on any atom is -0.496 e. The van der Waals surface area contributed by atoms with Crippen molar-refractivity contribution in [1.29, 1.82) is 0 Å². The number of nitrogens with one attached hydrogen (secondary N) is 1. The summed E-state index contributed by atoms with van der Waals surface area (Å²) in [5.74, 6) is 1.54. The minimum absolute atomic E-state index is 0.171. The molecule has 0 amide bonds. The molecule has 1 heterocycles. The molecule has 116 valence electrons. The lowest BCUT2D eigenvalue weighted by Crippen LogP contribution is -2.07. The van der Waals surface area contributed by atoms with Gasteiger partial charge < -0.3 is 14.6 Å². The van der Waals surface area contributed by atoms with E-state index in [9.17, 15) is 0 Å². The van der Waals surface area contributed by atoms with E-state index >= 15 is 0 Å². The van der Waals surface area contributed by atoms with Gasteiger partial charge in [0.05, 0.1) is 13.2 Å². The van der Waals surface area contributed by atoms with Gasteiger partial charge in [-0.3, -0.25) is 0 Å². The van der Waals surface area contributed by atoms with Crippen LogP contribution in [-0.4, -0.2) is 17.3 Å². The molecule has 0 spiro atoms. The van der Waals surface area contributed by atoms with Crippen LogP contribution in [-0.2, 0) is 6.42 Å². The highest BCUT2D eigenvalue weighted by Crippen LogP contribution is 2.38. The van der Waals surface area contributed by atoms with Gasteiger partial charge in [0.2, 0.25) is 5.82 Å². The van der Waals surface area contributed by atoms with Crippen molar-refractivity contribution in [3.63, 3.8) is 0 Å². The molecule has 0 unspecified atom stereocenters. The molecule has 0 bridgehead atoms. The summed E-state index contributed by atoms with van der Waals surface area (Å²) in [6.07, 6.45) is 1.97. The van der Waals surface area contributed by atoms with Crippen molar-refractivity contribution in [2.24, 2.45) is 0 Å². The van der Waals surface area contributed by atoms with Crippen molar-refractivity contribution in [1.82, 2.24) is 10.1 Å². The lowest BCUT2D eigenvalue weighted by atomic mass is 10.1. The highest BCUT2D eigenvalue weighted by Gasteiger charge is 2.26. The third kappa shape index (κ3) is 2.54. The maximum absolute atomic E-state index is 5.44. The first-order valence-electron chi connectivity index (χ1n) is 7.66. The Bertz CT molecular complexity index is 814. The van der Waals surface area contributed by atoms with Gasteiger partial charge in [0.15, 0.2) is 0 Å². The zero-order chi connectivity index (χ0) is 15.6. The standard InChI is InChI=1S/C18H17N3O2/c1-22-16-9-5-8-13-14(16)10-11-15(13)19-18-20-17(21-23-18)12-6-3-2-4-7-12/h2-9,15H,10-11H2,1H3,(H,19,20,21)/t15-/m0/s1. The molecule has 0 radical (unpaired) electrons. The Labute approximate surface area is 134 Å². The summed E-state index contributed by atoms with van der Waals surface area (Å²) in [6.45, 7) is 0. The third-order valence-corrected chi connectivity index (χ3v) is 4.20. The third-order valence-electron chi connectivity index (χ3n) is 4.20. The summed E-state index contributed by atoms with van der Waals surface area (Å²) >= 11 is 0. The van der Waals surface area contributed by atoms with Crippen LogP contribution >= 0.6 is 0 Å². The van der Waals surface area contributed by atoms with E-state index in [0.29, 0.717) is 11.8 Å². The number of ether oxygens (including phenoxy) is 1. The van der Waals surface area contributed by atoms with Gasteiger partial charge in [-0.25, -0.2) is 0 Å².